The van der Waals surface area contributed by atoms with Crippen molar-refractivity contribution < 1.29 is 19.1 Å². The fourth-order valence-electron chi connectivity index (χ4n) is 2.07. The summed E-state index contributed by atoms with van der Waals surface area (Å²) in [7, 11) is 0. The molecule has 1 atom stereocenters. The Balaban J connectivity index is 2.01. The van der Waals surface area contributed by atoms with E-state index >= 15 is 0 Å². The number of aliphatic hydroxyl groups excluding tert-OH is 1. The van der Waals surface area contributed by atoms with E-state index in [1.54, 1.807) is 24.3 Å². The molecule has 0 radical (unpaired) electrons. The number of benzene rings is 2. The van der Waals surface area contributed by atoms with Crippen molar-refractivity contribution in [2.75, 3.05) is 10.6 Å². The summed E-state index contributed by atoms with van der Waals surface area (Å²) in [4.78, 5) is 23.0. The van der Waals surface area contributed by atoms with Crippen molar-refractivity contribution in [1.82, 2.24) is 0 Å². The van der Waals surface area contributed by atoms with Gasteiger partial charge in [0.25, 0.3) is 0 Å². The molecule has 6 heteroatoms. The number of carbonyl (C=O) groups excluding carboxylic acids is 2. The summed E-state index contributed by atoms with van der Waals surface area (Å²) in [5.41, 5.74) is 0.958. The highest BCUT2D eigenvalue weighted by atomic mass is 19.1. The maximum Gasteiger partial charge on any atom is 0.227 e. The third kappa shape index (κ3) is 4.89. The Morgan fingerprint density at radius 2 is 1.83 bits per heavy atom. The molecule has 23 heavy (non-hydrogen) atoms. The molecular weight excluding hydrogens is 299 g/mol. The van der Waals surface area contributed by atoms with Crippen LogP contribution in [0.15, 0.2) is 48.5 Å². The average Bonchev–Trinajstić information content (AvgIpc) is 2.51. The first kappa shape index (κ1) is 16.6. The van der Waals surface area contributed by atoms with E-state index in [1.807, 2.05) is 6.07 Å². The van der Waals surface area contributed by atoms with Crippen LogP contribution in [-0.4, -0.2) is 16.9 Å². The third-order valence-electron chi connectivity index (χ3n) is 3.12. The maximum atomic E-state index is 13.5. The lowest BCUT2D eigenvalue weighted by molar-refractivity contribution is -0.118. The van der Waals surface area contributed by atoms with E-state index in [4.69, 9.17) is 0 Å². The maximum absolute atomic E-state index is 13.5. The van der Waals surface area contributed by atoms with Crippen LogP contribution in [0, 0.1) is 5.82 Å². The molecule has 0 bridgehead atoms. The largest absolute Gasteiger partial charge is 0.388 e. The van der Waals surface area contributed by atoms with Crippen molar-refractivity contribution in [1.29, 1.82) is 0 Å². The van der Waals surface area contributed by atoms with Crippen molar-refractivity contribution in [3.63, 3.8) is 0 Å². The summed E-state index contributed by atoms with van der Waals surface area (Å²) in [5, 5.41) is 14.9. The number of hydrogen-bond donors (Lipinski definition) is 3. The highest BCUT2D eigenvalue weighted by Crippen LogP contribution is 2.21. The lowest BCUT2D eigenvalue weighted by Crippen LogP contribution is -2.16. The predicted molar refractivity (Wildman–Crippen MR) is 85.4 cm³/mol. The molecule has 1 unspecified atom stereocenters. The summed E-state index contributed by atoms with van der Waals surface area (Å²) >= 11 is 0. The molecule has 0 aliphatic carbocycles. The Morgan fingerprint density at radius 1 is 1.13 bits per heavy atom. The van der Waals surface area contributed by atoms with Gasteiger partial charge in [-0.25, -0.2) is 4.39 Å². The van der Waals surface area contributed by atoms with Gasteiger partial charge in [0.05, 0.1) is 18.2 Å². The zero-order valence-corrected chi connectivity index (χ0v) is 12.5. The average molecular weight is 316 g/mol. The summed E-state index contributed by atoms with van der Waals surface area (Å²) < 4.78 is 13.5. The van der Waals surface area contributed by atoms with Gasteiger partial charge in [-0.3, -0.25) is 9.59 Å². The van der Waals surface area contributed by atoms with Crippen LogP contribution in [0.2, 0.25) is 0 Å². The quantitative estimate of drug-likeness (QED) is 0.793. The van der Waals surface area contributed by atoms with Gasteiger partial charge in [-0.1, -0.05) is 30.3 Å². The van der Waals surface area contributed by atoms with E-state index in [2.05, 4.69) is 10.6 Å². The van der Waals surface area contributed by atoms with Crippen molar-refractivity contribution in [3.8, 4) is 0 Å². The van der Waals surface area contributed by atoms with E-state index in [0.717, 1.165) is 6.07 Å². The Hall–Kier alpha value is -2.73. The van der Waals surface area contributed by atoms with Crippen molar-refractivity contribution >= 4 is 23.2 Å². The van der Waals surface area contributed by atoms with Gasteiger partial charge < -0.3 is 15.7 Å². The lowest BCUT2D eigenvalue weighted by atomic mass is 10.1. The Morgan fingerprint density at radius 3 is 2.48 bits per heavy atom. The molecule has 3 N–H and O–H groups in total. The van der Waals surface area contributed by atoms with Crippen LogP contribution in [0.25, 0.3) is 0 Å². The zero-order chi connectivity index (χ0) is 16.8. The third-order valence-corrected chi connectivity index (χ3v) is 3.12. The van der Waals surface area contributed by atoms with E-state index in [0.29, 0.717) is 11.3 Å². The fraction of sp³-hybridized carbons (Fsp3) is 0.176. The normalized spacial score (nSPS) is 11.6. The van der Waals surface area contributed by atoms with Crippen LogP contribution in [-0.2, 0) is 9.59 Å². The number of aliphatic hydroxyl groups is 1. The van der Waals surface area contributed by atoms with Crippen LogP contribution in [0.5, 0.6) is 0 Å². The molecule has 5 nitrogen and oxygen atoms in total. The van der Waals surface area contributed by atoms with Crippen molar-refractivity contribution in [2.24, 2.45) is 0 Å². The summed E-state index contributed by atoms with van der Waals surface area (Å²) in [5.74, 6) is -1.42. The standard InChI is InChI=1S/C17H17FN2O3/c1-11(21)19-15-9-13(7-8-14(15)18)20-17(23)10-16(22)12-5-3-2-4-6-12/h2-9,16,22H,10H2,1H3,(H,19,21)(H,20,23). The summed E-state index contributed by atoms with van der Waals surface area (Å²) in [6, 6.07) is 12.7. The highest BCUT2D eigenvalue weighted by molar-refractivity contribution is 5.93. The van der Waals surface area contributed by atoms with Gasteiger partial charge in [-0.2, -0.15) is 0 Å². The number of carbonyl (C=O) groups is 2. The molecule has 0 aliphatic heterocycles. The second-order valence-electron chi connectivity index (χ2n) is 5.05. The Kier molecular flexibility index (Phi) is 5.43. The molecule has 0 saturated carbocycles. The van der Waals surface area contributed by atoms with Crippen LogP contribution in [0.3, 0.4) is 0 Å². The minimum Gasteiger partial charge on any atom is -0.388 e. The fourth-order valence-corrected chi connectivity index (χ4v) is 2.07. The molecule has 2 aromatic rings. The van der Waals surface area contributed by atoms with Gasteiger partial charge in [-0.15, -0.1) is 0 Å². The van der Waals surface area contributed by atoms with Gasteiger partial charge in [-0.05, 0) is 23.8 Å². The number of hydrogen-bond acceptors (Lipinski definition) is 3. The van der Waals surface area contributed by atoms with E-state index in [-0.39, 0.29) is 12.1 Å². The first-order chi connectivity index (χ1) is 11.0. The van der Waals surface area contributed by atoms with E-state index in [1.165, 1.54) is 19.1 Å². The van der Waals surface area contributed by atoms with Gasteiger partial charge in [0.2, 0.25) is 11.8 Å². The van der Waals surface area contributed by atoms with Crippen LogP contribution < -0.4 is 10.6 Å². The number of amides is 2. The first-order valence-corrected chi connectivity index (χ1v) is 7.05. The zero-order valence-electron chi connectivity index (χ0n) is 12.5. The summed E-state index contributed by atoms with van der Waals surface area (Å²) in [6.07, 6.45) is -1.05. The summed E-state index contributed by atoms with van der Waals surface area (Å²) in [6.45, 7) is 1.26. The highest BCUT2D eigenvalue weighted by Gasteiger charge is 2.13. The molecule has 2 aromatic carbocycles. The first-order valence-electron chi connectivity index (χ1n) is 7.05. The van der Waals surface area contributed by atoms with E-state index < -0.39 is 23.7 Å². The minimum atomic E-state index is -0.925. The van der Waals surface area contributed by atoms with Crippen LogP contribution >= 0.6 is 0 Å². The molecule has 0 aromatic heterocycles. The lowest BCUT2D eigenvalue weighted by Gasteiger charge is -2.12. The SMILES string of the molecule is CC(=O)Nc1cc(NC(=O)CC(O)c2ccccc2)ccc1F. The van der Waals surface area contributed by atoms with Gasteiger partial charge in [0.1, 0.15) is 5.82 Å². The molecule has 0 fully saturated rings. The molecule has 120 valence electrons. The Labute approximate surface area is 133 Å². The number of anilines is 2. The van der Waals surface area contributed by atoms with Crippen LogP contribution in [0.1, 0.15) is 25.0 Å². The number of halogens is 1. The topological polar surface area (TPSA) is 78.4 Å². The smallest absolute Gasteiger partial charge is 0.227 e. The van der Waals surface area contributed by atoms with Crippen LogP contribution in [0.4, 0.5) is 15.8 Å². The molecule has 0 aliphatic rings. The second-order valence-corrected chi connectivity index (χ2v) is 5.05. The molecule has 2 amide bonds. The molecule has 0 heterocycles. The Bertz CT molecular complexity index is 704. The molecule has 0 saturated heterocycles. The molecule has 2 rings (SSSR count). The van der Waals surface area contributed by atoms with Crippen molar-refractivity contribution in [3.05, 3.63) is 59.9 Å². The number of nitrogens with one attached hydrogen (secondary N) is 2. The monoisotopic (exact) mass is 316 g/mol. The molecule has 0 spiro atoms. The predicted octanol–water partition coefficient (Wildman–Crippen LogP) is 2.85. The number of rotatable bonds is 5. The molecular formula is C17H17FN2O3. The van der Waals surface area contributed by atoms with Gasteiger partial charge in [0, 0.05) is 12.6 Å². The van der Waals surface area contributed by atoms with Gasteiger partial charge >= 0.3 is 0 Å². The van der Waals surface area contributed by atoms with Crippen molar-refractivity contribution in [2.45, 2.75) is 19.4 Å². The van der Waals surface area contributed by atoms with Gasteiger partial charge in [0.15, 0.2) is 0 Å². The van der Waals surface area contributed by atoms with E-state index in [9.17, 15) is 19.1 Å². The second kappa shape index (κ2) is 7.51. The minimum absolute atomic E-state index is 0.0149.